The van der Waals surface area contributed by atoms with Crippen LogP contribution in [0.15, 0.2) is 24.3 Å². The fourth-order valence-corrected chi connectivity index (χ4v) is 3.72. The molecule has 3 atom stereocenters. The summed E-state index contributed by atoms with van der Waals surface area (Å²) in [6.07, 6.45) is 1.43. The van der Waals surface area contributed by atoms with Gasteiger partial charge in [0.15, 0.2) is 0 Å². The van der Waals surface area contributed by atoms with E-state index in [1.807, 2.05) is 29.2 Å². The average Bonchev–Trinajstić information content (AvgIpc) is 3.25. The normalized spacial score (nSPS) is 29.7. The van der Waals surface area contributed by atoms with Crippen molar-refractivity contribution in [2.45, 2.75) is 18.9 Å². The standard InChI is InChI=1S/C18H23NO4/c20-18(19-8-14-10-22-11-15(14)9-19)7-13-3-1-2-4-17(13)23-16-5-6-21-12-16/h1-4,14-16H,5-12H2/t14-,15+,16?. The average molecular weight is 317 g/mol. The van der Waals surface area contributed by atoms with Crippen molar-refractivity contribution in [1.29, 1.82) is 0 Å². The fraction of sp³-hybridized carbons (Fsp3) is 0.611. The van der Waals surface area contributed by atoms with E-state index in [1.54, 1.807) is 0 Å². The Balaban J connectivity index is 1.41. The molecule has 0 spiro atoms. The van der Waals surface area contributed by atoms with Gasteiger partial charge >= 0.3 is 0 Å². The highest BCUT2D eigenvalue weighted by atomic mass is 16.5. The van der Waals surface area contributed by atoms with E-state index in [0.717, 1.165) is 50.6 Å². The molecule has 0 radical (unpaired) electrons. The number of ether oxygens (including phenoxy) is 3. The molecule has 0 aromatic heterocycles. The summed E-state index contributed by atoms with van der Waals surface area (Å²) in [6, 6.07) is 7.86. The largest absolute Gasteiger partial charge is 0.488 e. The molecule has 0 saturated carbocycles. The maximum atomic E-state index is 12.6. The number of likely N-dealkylation sites (tertiary alicyclic amines) is 1. The molecular weight excluding hydrogens is 294 g/mol. The molecule has 1 aromatic carbocycles. The summed E-state index contributed by atoms with van der Waals surface area (Å²) in [5.74, 6) is 2.07. The Morgan fingerprint density at radius 2 is 1.91 bits per heavy atom. The van der Waals surface area contributed by atoms with Crippen molar-refractivity contribution < 1.29 is 19.0 Å². The SMILES string of the molecule is O=C(Cc1ccccc1OC1CCOC1)N1C[C@H]2COC[C@H]2C1. The van der Waals surface area contributed by atoms with Crippen LogP contribution >= 0.6 is 0 Å². The molecule has 3 heterocycles. The van der Waals surface area contributed by atoms with E-state index in [2.05, 4.69) is 0 Å². The molecule has 3 saturated heterocycles. The van der Waals surface area contributed by atoms with E-state index in [9.17, 15) is 4.79 Å². The molecule has 23 heavy (non-hydrogen) atoms. The predicted molar refractivity (Wildman–Crippen MR) is 84.4 cm³/mol. The molecule has 0 bridgehead atoms. The van der Waals surface area contributed by atoms with Crippen LogP contribution in [0.25, 0.3) is 0 Å². The molecule has 4 rings (SSSR count). The van der Waals surface area contributed by atoms with Crippen LogP contribution in [0.3, 0.4) is 0 Å². The summed E-state index contributed by atoms with van der Waals surface area (Å²) >= 11 is 0. The topological polar surface area (TPSA) is 48.0 Å². The third kappa shape index (κ3) is 3.21. The van der Waals surface area contributed by atoms with E-state index in [0.29, 0.717) is 24.9 Å². The van der Waals surface area contributed by atoms with Gasteiger partial charge in [-0.2, -0.15) is 0 Å². The molecule has 3 fully saturated rings. The molecule has 1 unspecified atom stereocenters. The fourth-order valence-electron chi connectivity index (χ4n) is 3.72. The third-order valence-electron chi connectivity index (χ3n) is 5.09. The number of rotatable bonds is 4. The quantitative estimate of drug-likeness (QED) is 0.844. The van der Waals surface area contributed by atoms with Crippen LogP contribution in [0.2, 0.25) is 0 Å². The van der Waals surface area contributed by atoms with Crippen molar-refractivity contribution in [3.63, 3.8) is 0 Å². The Morgan fingerprint density at radius 3 is 2.65 bits per heavy atom. The highest BCUT2D eigenvalue weighted by Gasteiger charge is 2.38. The van der Waals surface area contributed by atoms with Crippen molar-refractivity contribution in [3.8, 4) is 5.75 Å². The molecular formula is C18H23NO4. The monoisotopic (exact) mass is 317 g/mol. The Morgan fingerprint density at radius 1 is 1.13 bits per heavy atom. The lowest BCUT2D eigenvalue weighted by Crippen LogP contribution is -2.31. The number of carbonyl (C=O) groups is 1. The first-order valence-electron chi connectivity index (χ1n) is 8.47. The Bertz CT molecular complexity index is 558. The maximum Gasteiger partial charge on any atom is 0.227 e. The van der Waals surface area contributed by atoms with Gasteiger partial charge in [-0.05, 0) is 6.07 Å². The summed E-state index contributed by atoms with van der Waals surface area (Å²) < 4.78 is 16.9. The van der Waals surface area contributed by atoms with Gasteiger partial charge in [-0.25, -0.2) is 0 Å². The lowest BCUT2D eigenvalue weighted by Gasteiger charge is -2.19. The van der Waals surface area contributed by atoms with Crippen molar-refractivity contribution in [3.05, 3.63) is 29.8 Å². The zero-order chi connectivity index (χ0) is 15.6. The van der Waals surface area contributed by atoms with Gasteiger partial charge in [0.1, 0.15) is 11.9 Å². The number of hydrogen-bond donors (Lipinski definition) is 0. The number of benzene rings is 1. The van der Waals surface area contributed by atoms with Gasteiger partial charge in [0, 0.05) is 36.9 Å². The minimum absolute atomic E-state index is 0.106. The first kappa shape index (κ1) is 15.0. The van der Waals surface area contributed by atoms with E-state index >= 15 is 0 Å². The molecule has 3 aliphatic heterocycles. The molecule has 1 aromatic rings. The molecule has 0 N–H and O–H groups in total. The van der Waals surface area contributed by atoms with Crippen molar-refractivity contribution in [2.75, 3.05) is 39.5 Å². The summed E-state index contributed by atoms with van der Waals surface area (Å²) in [5, 5.41) is 0. The summed E-state index contributed by atoms with van der Waals surface area (Å²) in [7, 11) is 0. The smallest absolute Gasteiger partial charge is 0.227 e. The van der Waals surface area contributed by atoms with Gasteiger partial charge in [-0.1, -0.05) is 18.2 Å². The van der Waals surface area contributed by atoms with Gasteiger partial charge in [-0.3, -0.25) is 4.79 Å². The third-order valence-corrected chi connectivity index (χ3v) is 5.09. The number of amides is 1. The minimum atomic E-state index is 0.106. The van der Waals surface area contributed by atoms with Crippen LogP contribution in [-0.2, 0) is 20.7 Å². The number of para-hydroxylation sites is 1. The summed E-state index contributed by atoms with van der Waals surface area (Å²) in [5.41, 5.74) is 0.970. The number of nitrogens with zero attached hydrogens (tertiary/aromatic N) is 1. The lowest BCUT2D eigenvalue weighted by atomic mass is 10.0. The second-order valence-electron chi connectivity index (χ2n) is 6.74. The van der Waals surface area contributed by atoms with Gasteiger partial charge in [0.25, 0.3) is 0 Å². The zero-order valence-electron chi connectivity index (χ0n) is 13.3. The minimum Gasteiger partial charge on any atom is -0.488 e. The van der Waals surface area contributed by atoms with Crippen LogP contribution in [0, 0.1) is 11.8 Å². The highest BCUT2D eigenvalue weighted by Crippen LogP contribution is 2.30. The molecule has 1 amide bonds. The molecule has 5 nitrogen and oxygen atoms in total. The van der Waals surface area contributed by atoms with Crippen LogP contribution in [0.4, 0.5) is 0 Å². The maximum absolute atomic E-state index is 12.6. The van der Waals surface area contributed by atoms with Gasteiger partial charge in [0.2, 0.25) is 5.91 Å². The first-order chi connectivity index (χ1) is 11.3. The highest BCUT2D eigenvalue weighted by molar-refractivity contribution is 5.79. The molecule has 5 heteroatoms. The Hall–Kier alpha value is -1.59. The van der Waals surface area contributed by atoms with Crippen LogP contribution < -0.4 is 4.74 Å². The van der Waals surface area contributed by atoms with Crippen molar-refractivity contribution in [1.82, 2.24) is 4.90 Å². The summed E-state index contributed by atoms with van der Waals surface area (Å²) in [4.78, 5) is 14.6. The number of hydrogen-bond acceptors (Lipinski definition) is 4. The predicted octanol–water partition coefficient (Wildman–Crippen LogP) is 1.50. The lowest BCUT2D eigenvalue weighted by molar-refractivity contribution is -0.130. The molecule has 0 aliphatic carbocycles. The molecule has 124 valence electrons. The van der Waals surface area contributed by atoms with Crippen molar-refractivity contribution in [2.24, 2.45) is 11.8 Å². The van der Waals surface area contributed by atoms with Crippen LogP contribution in [0.1, 0.15) is 12.0 Å². The Kier molecular flexibility index (Phi) is 4.23. The second-order valence-corrected chi connectivity index (χ2v) is 6.74. The number of fused-ring (bicyclic) bond motifs is 1. The zero-order valence-corrected chi connectivity index (χ0v) is 13.3. The number of carbonyl (C=O) groups excluding carboxylic acids is 1. The first-order valence-corrected chi connectivity index (χ1v) is 8.47. The van der Waals surface area contributed by atoms with E-state index < -0.39 is 0 Å². The Labute approximate surface area is 136 Å². The second kappa shape index (κ2) is 6.49. The van der Waals surface area contributed by atoms with Gasteiger partial charge in [-0.15, -0.1) is 0 Å². The molecule has 3 aliphatic rings. The van der Waals surface area contributed by atoms with E-state index in [4.69, 9.17) is 14.2 Å². The van der Waals surface area contributed by atoms with Gasteiger partial charge in [0.05, 0.1) is 32.8 Å². The van der Waals surface area contributed by atoms with Crippen LogP contribution in [-0.4, -0.2) is 56.4 Å². The van der Waals surface area contributed by atoms with Crippen LogP contribution in [0.5, 0.6) is 5.75 Å². The van der Waals surface area contributed by atoms with Gasteiger partial charge < -0.3 is 19.1 Å². The van der Waals surface area contributed by atoms with E-state index in [-0.39, 0.29) is 12.0 Å². The summed E-state index contributed by atoms with van der Waals surface area (Å²) in [6.45, 7) is 4.67. The van der Waals surface area contributed by atoms with Crippen molar-refractivity contribution >= 4 is 5.91 Å². The van der Waals surface area contributed by atoms with E-state index in [1.165, 1.54) is 0 Å².